The van der Waals surface area contributed by atoms with Gasteiger partial charge in [0.05, 0.1) is 6.04 Å². The number of nitrogens with two attached hydrogens (primary N) is 1. The van der Waals surface area contributed by atoms with Gasteiger partial charge in [0.25, 0.3) is 0 Å². The number of hydrogen-bond donors (Lipinski definition) is 2. The fourth-order valence-corrected chi connectivity index (χ4v) is 0.872. The molecule has 0 rings (SSSR count). The van der Waals surface area contributed by atoms with E-state index < -0.39 is 12.0 Å². The Bertz CT molecular complexity index is 168. The summed E-state index contributed by atoms with van der Waals surface area (Å²) in [5.41, 5.74) is 5.44. The molecule has 0 radical (unpaired) electrons. The van der Waals surface area contributed by atoms with E-state index in [1.165, 1.54) is 0 Å². The largest absolute Gasteiger partial charge is 0.481 e. The van der Waals surface area contributed by atoms with Crippen LogP contribution in [0, 0.1) is 0 Å². The summed E-state index contributed by atoms with van der Waals surface area (Å²) in [5, 5.41) is 8.31. The van der Waals surface area contributed by atoms with E-state index in [1.54, 1.807) is 0 Å². The van der Waals surface area contributed by atoms with E-state index in [0.717, 1.165) is 6.42 Å². The molecular formula is C8H15NO3. The Morgan fingerprint density at radius 1 is 1.42 bits per heavy atom. The number of carboxylic acids is 1. The monoisotopic (exact) mass is 173 g/mol. The van der Waals surface area contributed by atoms with Gasteiger partial charge in [-0.25, -0.2) is 0 Å². The summed E-state index contributed by atoms with van der Waals surface area (Å²) in [5.74, 6) is -0.950. The van der Waals surface area contributed by atoms with Crippen LogP contribution < -0.4 is 5.73 Å². The van der Waals surface area contributed by atoms with E-state index in [0.29, 0.717) is 6.42 Å². The summed E-state index contributed by atoms with van der Waals surface area (Å²) in [7, 11) is 0. The maximum Gasteiger partial charge on any atom is 0.303 e. The Labute approximate surface area is 71.8 Å². The first-order valence-electron chi connectivity index (χ1n) is 4.08. The zero-order valence-corrected chi connectivity index (χ0v) is 7.25. The van der Waals surface area contributed by atoms with Crippen molar-refractivity contribution >= 4 is 11.8 Å². The third kappa shape index (κ3) is 4.85. The van der Waals surface area contributed by atoms with Crippen LogP contribution in [0.15, 0.2) is 0 Å². The molecule has 0 heterocycles. The number of aliphatic carboxylic acids is 1. The first-order chi connectivity index (χ1) is 5.57. The van der Waals surface area contributed by atoms with Gasteiger partial charge in [0.15, 0.2) is 0 Å². The lowest BCUT2D eigenvalue weighted by Gasteiger charge is -2.07. The molecule has 0 amide bonds. The number of rotatable bonds is 6. The summed E-state index contributed by atoms with van der Waals surface area (Å²) in [6, 6.07) is -0.596. The SMILES string of the molecule is CCCC(=O)[C@@H](N)CCC(=O)O. The summed E-state index contributed by atoms with van der Waals surface area (Å²) in [6.45, 7) is 1.89. The van der Waals surface area contributed by atoms with E-state index >= 15 is 0 Å². The minimum Gasteiger partial charge on any atom is -0.481 e. The Morgan fingerprint density at radius 3 is 2.42 bits per heavy atom. The van der Waals surface area contributed by atoms with Crippen molar-refractivity contribution in [1.29, 1.82) is 0 Å². The second-order valence-corrected chi connectivity index (χ2v) is 2.76. The van der Waals surface area contributed by atoms with Crippen molar-refractivity contribution in [3.63, 3.8) is 0 Å². The van der Waals surface area contributed by atoms with Crippen LogP contribution in [-0.2, 0) is 9.59 Å². The zero-order chi connectivity index (χ0) is 9.56. The molecular weight excluding hydrogens is 158 g/mol. The summed E-state index contributed by atoms with van der Waals surface area (Å²) >= 11 is 0. The van der Waals surface area contributed by atoms with E-state index in [2.05, 4.69) is 0 Å². The molecule has 0 aliphatic carbocycles. The average molecular weight is 173 g/mol. The van der Waals surface area contributed by atoms with Gasteiger partial charge in [-0.15, -0.1) is 0 Å². The van der Waals surface area contributed by atoms with Gasteiger partial charge in [0.1, 0.15) is 5.78 Å². The van der Waals surface area contributed by atoms with Crippen LogP contribution in [0.3, 0.4) is 0 Å². The van der Waals surface area contributed by atoms with Crippen LogP contribution in [0.4, 0.5) is 0 Å². The first kappa shape index (κ1) is 11.1. The van der Waals surface area contributed by atoms with Crippen molar-refractivity contribution in [3.8, 4) is 0 Å². The molecule has 0 aromatic rings. The van der Waals surface area contributed by atoms with Crippen LogP contribution in [0.25, 0.3) is 0 Å². The Balaban J connectivity index is 3.63. The number of carboxylic acid groups (broad SMARTS) is 1. The molecule has 0 bridgehead atoms. The smallest absolute Gasteiger partial charge is 0.303 e. The van der Waals surface area contributed by atoms with Gasteiger partial charge in [-0.3, -0.25) is 9.59 Å². The molecule has 0 fully saturated rings. The maximum atomic E-state index is 11.0. The van der Waals surface area contributed by atoms with Crippen molar-refractivity contribution in [2.45, 2.75) is 38.6 Å². The minimum atomic E-state index is -0.908. The molecule has 0 aliphatic rings. The lowest BCUT2D eigenvalue weighted by Crippen LogP contribution is -2.30. The highest BCUT2D eigenvalue weighted by Gasteiger charge is 2.13. The van der Waals surface area contributed by atoms with Crippen molar-refractivity contribution in [3.05, 3.63) is 0 Å². The number of ketones is 1. The van der Waals surface area contributed by atoms with Crippen LogP contribution in [0.1, 0.15) is 32.6 Å². The number of Topliss-reactive ketones (excluding diaryl/α,β-unsaturated/α-hetero) is 1. The molecule has 0 aromatic heterocycles. The lowest BCUT2D eigenvalue weighted by molar-refractivity contribution is -0.137. The number of carbonyl (C=O) groups excluding carboxylic acids is 1. The molecule has 70 valence electrons. The highest BCUT2D eigenvalue weighted by molar-refractivity contribution is 5.84. The van der Waals surface area contributed by atoms with Gasteiger partial charge in [0.2, 0.25) is 0 Å². The summed E-state index contributed by atoms with van der Waals surface area (Å²) in [4.78, 5) is 21.2. The first-order valence-corrected chi connectivity index (χ1v) is 4.08. The molecule has 0 saturated heterocycles. The molecule has 3 N–H and O–H groups in total. The van der Waals surface area contributed by atoms with Crippen LogP contribution in [0.2, 0.25) is 0 Å². The molecule has 12 heavy (non-hydrogen) atoms. The van der Waals surface area contributed by atoms with E-state index in [-0.39, 0.29) is 18.6 Å². The Kier molecular flexibility index (Phi) is 5.28. The molecule has 0 aromatic carbocycles. The fourth-order valence-electron chi connectivity index (χ4n) is 0.872. The topological polar surface area (TPSA) is 80.4 Å². The number of hydrogen-bond acceptors (Lipinski definition) is 3. The van der Waals surface area contributed by atoms with E-state index in [1.807, 2.05) is 6.92 Å². The van der Waals surface area contributed by atoms with Gasteiger partial charge < -0.3 is 10.8 Å². The van der Waals surface area contributed by atoms with Gasteiger partial charge in [-0.2, -0.15) is 0 Å². The lowest BCUT2D eigenvalue weighted by atomic mass is 10.0. The van der Waals surface area contributed by atoms with Gasteiger partial charge >= 0.3 is 5.97 Å². The molecule has 4 heteroatoms. The predicted octanol–water partition coefficient (Wildman–Crippen LogP) is 0.548. The van der Waals surface area contributed by atoms with E-state index in [9.17, 15) is 9.59 Å². The zero-order valence-electron chi connectivity index (χ0n) is 7.25. The minimum absolute atomic E-state index is 0.0311. The quantitative estimate of drug-likeness (QED) is 0.614. The molecule has 4 nitrogen and oxygen atoms in total. The van der Waals surface area contributed by atoms with Crippen LogP contribution in [-0.4, -0.2) is 22.9 Å². The molecule has 0 unspecified atom stereocenters. The van der Waals surface area contributed by atoms with Gasteiger partial charge in [0, 0.05) is 12.8 Å². The highest BCUT2D eigenvalue weighted by Crippen LogP contribution is 2.00. The number of carbonyl (C=O) groups is 2. The second-order valence-electron chi connectivity index (χ2n) is 2.76. The molecule has 0 spiro atoms. The van der Waals surface area contributed by atoms with Crippen molar-refractivity contribution in [1.82, 2.24) is 0 Å². The van der Waals surface area contributed by atoms with Gasteiger partial charge in [-0.05, 0) is 12.8 Å². The van der Waals surface area contributed by atoms with Crippen LogP contribution in [0.5, 0.6) is 0 Å². The van der Waals surface area contributed by atoms with Crippen LogP contribution >= 0.6 is 0 Å². The summed E-state index contributed by atoms with van der Waals surface area (Å²) in [6.07, 6.45) is 1.42. The third-order valence-electron chi connectivity index (χ3n) is 1.58. The van der Waals surface area contributed by atoms with Crippen molar-refractivity contribution in [2.75, 3.05) is 0 Å². The Morgan fingerprint density at radius 2 is 2.00 bits per heavy atom. The maximum absolute atomic E-state index is 11.0. The predicted molar refractivity (Wildman–Crippen MR) is 44.8 cm³/mol. The second kappa shape index (κ2) is 5.71. The molecule has 0 aliphatic heterocycles. The normalized spacial score (nSPS) is 12.5. The van der Waals surface area contributed by atoms with Gasteiger partial charge in [-0.1, -0.05) is 6.92 Å². The average Bonchev–Trinajstić information content (AvgIpc) is 2.00. The van der Waals surface area contributed by atoms with E-state index in [4.69, 9.17) is 10.8 Å². The standard InChI is InChI=1S/C8H15NO3/c1-2-3-7(10)6(9)4-5-8(11)12/h6H,2-5,9H2,1H3,(H,11,12)/t6-/m0/s1. The third-order valence-corrected chi connectivity index (χ3v) is 1.58. The molecule has 1 atom stereocenters. The van der Waals surface area contributed by atoms with Crippen molar-refractivity contribution in [2.24, 2.45) is 5.73 Å². The summed E-state index contributed by atoms with van der Waals surface area (Å²) < 4.78 is 0. The Hall–Kier alpha value is -0.900. The highest BCUT2D eigenvalue weighted by atomic mass is 16.4. The van der Waals surface area contributed by atoms with Crippen molar-refractivity contribution < 1.29 is 14.7 Å². The molecule has 0 saturated carbocycles. The fraction of sp³-hybridized carbons (Fsp3) is 0.750.